The Kier molecular flexibility index (Phi) is 3.87. The summed E-state index contributed by atoms with van der Waals surface area (Å²) in [6, 6.07) is 9.13. The van der Waals surface area contributed by atoms with E-state index >= 15 is 0 Å². The Balaban J connectivity index is 2.22. The largest absolute Gasteiger partial charge is 0.367 e. The third-order valence-corrected chi connectivity index (χ3v) is 3.61. The number of nitrogens with zero attached hydrogens (tertiary/aromatic N) is 1. The van der Waals surface area contributed by atoms with Gasteiger partial charge >= 0.3 is 0 Å². The van der Waals surface area contributed by atoms with Gasteiger partial charge in [-0.05, 0) is 37.6 Å². The Morgan fingerprint density at radius 2 is 2.12 bits per heavy atom. The van der Waals surface area contributed by atoms with E-state index in [-0.39, 0.29) is 0 Å². The molecule has 88 valence electrons. The molecular weight excluding hydrogens is 264 g/mol. The minimum absolute atomic E-state index is 0.555. The van der Waals surface area contributed by atoms with E-state index in [4.69, 9.17) is 0 Å². The fourth-order valence-electron chi connectivity index (χ4n) is 2.24. The molecule has 0 spiro atoms. The van der Waals surface area contributed by atoms with E-state index in [0.29, 0.717) is 12.0 Å². The van der Waals surface area contributed by atoms with Crippen molar-refractivity contribution in [3.8, 4) is 0 Å². The summed E-state index contributed by atoms with van der Waals surface area (Å²) in [5.74, 6) is 0.698. The molecule has 1 fully saturated rings. The molecule has 1 saturated heterocycles. The van der Waals surface area contributed by atoms with Crippen molar-refractivity contribution < 1.29 is 0 Å². The van der Waals surface area contributed by atoms with Gasteiger partial charge in [-0.25, -0.2) is 0 Å². The third-order valence-electron chi connectivity index (χ3n) is 3.11. The van der Waals surface area contributed by atoms with Gasteiger partial charge in [0, 0.05) is 29.3 Å². The van der Waals surface area contributed by atoms with Crippen molar-refractivity contribution in [1.82, 2.24) is 5.32 Å². The highest BCUT2D eigenvalue weighted by Crippen LogP contribution is 2.23. The molecule has 3 heteroatoms. The first-order chi connectivity index (χ1) is 7.66. The maximum Gasteiger partial charge on any atom is 0.0386 e. The molecule has 0 aliphatic carbocycles. The van der Waals surface area contributed by atoms with Crippen LogP contribution in [0, 0.1) is 5.92 Å². The molecule has 1 aromatic rings. The van der Waals surface area contributed by atoms with Crippen molar-refractivity contribution in [2.45, 2.75) is 19.9 Å². The molecule has 0 saturated carbocycles. The Labute approximate surface area is 106 Å². The van der Waals surface area contributed by atoms with Crippen LogP contribution in [0.3, 0.4) is 0 Å². The molecule has 2 unspecified atom stereocenters. The van der Waals surface area contributed by atoms with Crippen LogP contribution < -0.4 is 10.2 Å². The number of nitrogens with one attached hydrogen (secondary N) is 1. The summed E-state index contributed by atoms with van der Waals surface area (Å²) < 4.78 is 1.15. The lowest BCUT2D eigenvalue weighted by Gasteiger charge is -2.30. The molecule has 1 aliphatic heterocycles. The van der Waals surface area contributed by atoms with Crippen molar-refractivity contribution in [1.29, 1.82) is 0 Å². The molecule has 16 heavy (non-hydrogen) atoms. The van der Waals surface area contributed by atoms with E-state index in [1.165, 1.54) is 5.69 Å². The average molecular weight is 283 g/mol. The second-order valence-electron chi connectivity index (χ2n) is 4.74. The van der Waals surface area contributed by atoms with E-state index in [2.05, 4.69) is 64.3 Å². The summed E-state index contributed by atoms with van der Waals surface area (Å²) in [4.78, 5) is 2.50. The average Bonchev–Trinajstić information content (AvgIpc) is 2.41. The monoisotopic (exact) mass is 282 g/mol. The number of anilines is 1. The van der Waals surface area contributed by atoms with Gasteiger partial charge in [0.2, 0.25) is 0 Å². The normalized spacial score (nSPS) is 26.6. The molecule has 0 amide bonds. The second kappa shape index (κ2) is 5.19. The number of hydrogen-bond donors (Lipinski definition) is 1. The van der Waals surface area contributed by atoms with Crippen LogP contribution >= 0.6 is 15.9 Å². The molecule has 1 aromatic carbocycles. The highest BCUT2D eigenvalue weighted by molar-refractivity contribution is 9.10. The first-order valence-corrected chi connectivity index (χ1v) is 6.69. The van der Waals surface area contributed by atoms with Gasteiger partial charge in [0.05, 0.1) is 0 Å². The molecule has 0 radical (unpaired) electrons. The Morgan fingerprint density at radius 3 is 2.88 bits per heavy atom. The topological polar surface area (TPSA) is 15.3 Å². The molecule has 2 atom stereocenters. The summed E-state index contributed by atoms with van der Waals surface area (Å²) in [7, 11) is 0. The second-order valence-corrected chi connectivity index (χ2v) is 5.66. The molecule has 1 N–H and O–H groups in total. The summed E-state index contributed by atoms with van der Waals surface area (Å²) in [5, 5.41) is 3.51. The minimum atomic E-state index is 0.555. The van der Waals surface area contributed by atoms with Crippen LogP contribution in [-0.2, 0) is 0 Å². The molecule has 1 heterocycles. The lowest BCUT2D eigenvalue weighted by Crippen LogP contribution is -2.37. The zero-order valence-electron chi connectivity index (χ0n) is 9.91. The quantitative estimate of drug-likeness (QED) is 0.852. The first kappa shape index (κ1) is 11.9. The van der Waals surface area contributed by atoms with E-state index in [9.17, 15) is 0 Å². The van der Waals surface area contributed by atoms with Gasteiger partial charge < -0.3 is 10.2 Å². The van der Waals surface area contributed by atoms with Crippen LogP contribution in [0.25, 0.3) is 0 Å². The van der Waals surface area contributed by atoms with Gasteiger partial charge in [-0.3, -0.25) is 0 Å². The lowest BCUT2D eigenvalue weighted by atomic mass is 10.1. The number of hydrogen-bond acceptors (Lipinski definition) is 2. The Bertz CT molecular complexity index is 354. The van der Waals surface area contributed by atoms with Crippen LogP contribution in [0.4, 0.5) is 5.69 Å². The van der Waals surface area contributed by atoms with Crippen LogP contribution in [0.1, 0.15) is 13.8 Å². The number of halogens is 1. The maximum atomic E-state index is 3.54. The van der Waals surface area contributed by atoms with E-state index in [1.807, 2.05) is 0 Å². The predicted molar refractivity (Wildman–Crippen MR) is 73.0 cm³/mol. The van der Waals surface area contributed by atoms with Crippen molar-refractivity contribution in [2.24, 2.45) is 5.92 Å². The van der Waals surface area contributed by atoms with Gasteiger partial charge in [-0.15, -0.1) is 0 Å². The maximum absolute atomic E-state index is 3.54. The molecule has 2 nitrogen and oxygen atoms in total. The van der Waals surface area contributed by atoms with Crippen molar-refractivity contribution in [3.63, 3.8) is 0 Å². The fourth-order valence-corrected chi connectivity index (χ4v) is 2.63. The van der Waals surface area contributed by atoms with Gasteiger partial charge in [-0.1, -0.05) is 28.9 Å². The zero-order valence-corrected chi connectivity index (χ0v) is 11.5. The Hall–Kier alpha value is -0.540. The molecule has 2 rings (SSSR count). The van der Waals surface area contributed by atoms with Gasteiger partial charge in [-0.2, -0.15) is 0 Å². The Morgan fingerprint density at radius 1 is 1.31 bits per heavy atom. The number of rotatable bonds is 1. The molecular formula is C13H19BrN2. The fraction of sp³-hybridized carbons (Fsp3) is 0.538. The summed E-state index contributed by atoms with van der Waals surface area (Å²) in [6.45, 7) is 7.90. The van der Waals surface area contributed by atoms with Crippen LogP contribution in [0.15, 0.2) is 28.7 Å². The molecule has 1 aliphatic rings. The smallest absolute Gasteiger partial charge is 0.0386 e. The van der Waals surface area contributed by atoms with Crippen LogP contribution in [-0.4, -0.2) is 25.7 Å². The van der Waals surface area contributed by atoms with Crippen molar-refractivity contribution in [2.75, 3.05) is 24.5 Å². The molecule has 0 bridgehead atoms. The highest BCUT2D eigenvalue weighted by atomic mass is 79.9. The van der Waals surface area contributed by atoms with Crippen LogP contribution in [0.2, 0.25) is 0 Å². The first-order valence-electron chi connectivity index (χ1n) is 5.89. The zero-order chi connectivity index (χ0) is 11.5. The minimum Gasteiger partial charge on any atom is -0.367 e. The number of benzene rings is 1. The lowest BCUT2D eigenvalue weighted by molar-refractivity contribution is 0.564. The van der Waals surface area contributed by atoms with E-state index in [0.717, 1.165) is 24.1 Å². The predicted octanol–water partition coefficient (Wildman–Crippen LogP) is 2.88. The molecule has 0 aromatic heterocycles. The van der Waals surface area contributed by atoms with Crippen molar-refractivity contribution >= 4 is 21.6 Å². The summed E-state index contributed by atoms with van der Waals surface area (Å²) in [6.07, 6.45) is 0. The highest BCUT2D eigenvalue weighted by Gasteiger charge is 2.20. The summed E-state index contributed by atoms with van der Waals surface area (Å²) >= 11 is 3.54. The van der Waals surface area contributed by atoms with E-state index in [1.54, 1.807) is 0 Å². The van der Waals surface area contributed by atoms with Gasteiger partial charge in [0.15, 0.2) is 0 Å². The van der Waals surface area contributed by atoms with Crippen molar-refractivity contribution in [3.05, 3.63) is 28.7 Å². The SMILES string of the molecule is CC1CNCC(C)N(c2cccc(Br)c2)C1. The van der Waals surface area contributed by atoms with E-state index < -0.39 is 0 Å². The standard InChI is InChI=1S/C13H19BrN2/c1-10-7-15-8-11(2)16(9-10)13-5-3-4-12(14)6-13/h3-6,10-11,15H,7-9H2,1-2H3. The van der Waals surface area contributed by atoms with Crippen LogP contribution in [0.5, 0.6) is 0 Å². The summed E-state index contributed by atoms with van der Waals surface area (Å²) in [5.41, 5.74) is 1.32. The third kappa shape index (κ3) is 2.77. The van der Waals surface area contributed by atoms with Gasteiger partial charge in [0.25, 0.3) is 0 Å². The van der Waals surface area contributed by atoms with Gasteiger partial charge in [0.1, 0.15) is 0 Å².